The number of carbonyl (C=O) groups is 2. The molecule has 7 heteroatoms. The fraction of sp³-hybridized carbons (Fsp3) is 0.579. The first-order valence-electron chi connectivity index (χ1n) is 9.13. The number of hydrogen-bond acceptors (Lipinski definition) is 3. The summed E-state index contributed by atoms with van der Waals surface area (Å²) in [6.45, 7) is 3.43. The van der Waals surface area contributed by atoms with Crippen LogP contribution in [0.15, 0.2) is 18.2 Å². The van der Waals surface area contributed by atoms with E-state index in [-0.39, 0.29) is 35.0 Å². The third-order valence-corrected chi connectivity index (χ3v) is 6.13. The molecule has 3 saturated heterocycles. The minimum absolute atomic E-state index is 0.0523. The molecule has 0 aliphatic carbocycles. The second-order valence-electron chi connectivity index (χ2n) is 7.47. The molecule has 5 nitrogen and oxygen atoms in total. The van der Waals surface area contributed by atoms with Gasteiger partial charge in [-0.3, -0.25) is 9.59 Å². The van der Waals surface area contributed by atoms with Crippen molar-refractivity contribution in [3.8, 4) is 0 Å². The average Bonchev–Trinajstić information content (AvgIpc) is 3.29. The van der Waals surface area contributed by atoms with Crippen LogP contribution < -0.4 is 5.32 Å². The molecule has 4 atom stereocenters. The maximum absolute atomic E-state index is 13.8. The van der Waals surface area contributed by atoms with E-state index in [9.17, 15) is 18.4 Å². The summed E-state index contributed by atoms with van der Waals surface area (Å²) in [5.74, 6) is -2.42. The van der Waals surface area contributed by atoms with Crippen molar-refractivity contribution in [2.24, 2.45) is 11.8 Å². The van der Waals surface area contributed by atoms with E-state index in [1.807, 2.05) is 11.8 Å². The molecule has 1 spiro atoms. The molecule has 3 heterocycles. The van der Waals surface area contributed by atoms with Crippen LogP contribution in [0.3, 0.4) is 0 Å². The molecule has 3 aliphatic heterocycles. The smallest absolute Gasteiger partial charge is 0.254 e. The molecular weight excluding hydrogens is 342 g/mol. The SMILES string of the molecule is CCC(=O)N1C[C@@H]2[C@H](CNC(=O)c3cccc(F)c3F)[C@H]3CC[C@]2(C1)O3. The van der Waals surface area contributed by atoms with Gasteiger partial charge in [-0.25, -0.2) is 8.78 Å². The number of nitrogens with one attached hydrogen (secondary N) is 1. The molecule has 3 fully saturated rings. The van der Waals surface area contributed by atoms with Crippen LogP contribution in [0.2, 0.25) is 0 Å². The van der Waals surface area contributed by atoms with E-state index in [1.54, 1.807) is 0 Å². The second-order valence-corrected chi connectivity index (χ2v) is 7.47. The molecule has 1 aromatic carbocycles. The maximum atomic E-state index is 13.8. The first-order valence-corrected chi connectivity index (χ1v) is 9.13. The van der Waals surface area contributed by atoms with E-state index < -0.39 is 17.5 Å². The molecule has 4 rings (SSSR count). The Labute approximate surface area is 150 Å². The fourth-order valence-corrected chi connectivity index (χ4v) is 4.86. The van der Waals surface area contributed by atoms with Gasteiger partial charge in [0.1, 0.15) is 0 Å². The molecule has 3 aliphatic rings. The van der Waals surface area contributed by atoms with Gasteiger partial charge in [0.25, 0.3) is 5.91 Å². The monoisotopic (exact) mass is 364 g/mol. The van der Waals surface area contributed by atoms with Gasteiger partial charge < -0.3 is 15.0 Å². The topological polar surface area (TPSA) is 58.6 Å². The molecule has 0 unspecified atom stereocenters. The lowest BCUT2D eigenvalue weighted by Crippen LogP contribution is -2.42. The van der Waals surface area contributed by atoms with Crippen LogP contribution in [0.5, 0.6) is 0 Å². The van der Waals surface area contributed by atoms with Crippen LogP contribution in [0.4, 0.5) is 8.78 Å². The van der Waals surface area contributed by atoms with Crippen LogP contribution in [0, 0.1) is 23.5 Å². The number of halogens is 2. The van der Waals surface area contributed by atoms with Gasteiger partial charge in [0.05, 0.1) is 23.8 Å². The molecule has 0 aromatic heterocycles. The number of ether oxygens (including phenoxy) is 1. The summed E-state index contributed by atoms with van der Waals surface area (Å²) in [6, 6.07) is 3.56. The third kappa shape index (κ3) is 2.60. The van der Waals surface area contributed by atoms with Crippen molar-refractivity contribution in [1.82, 2.24) is 10.2 Å². The molecule has 1 N–H and O–H groups in total. The Morgan fingerprint density at radius 3 is 2.96 bits per heavy atom. The zero-order valence-electron chi connectivity index (χ0n) is 14.6. The van der Waals surface area contributed by atoms with Gasteiger partial charge in [0, 0.05) is 31.3 Å². The molecule has 2 bridgehead atoms. The van der Waals surface area contributed by atoms with Gasteiger partial charge in [0.15, 0.2) is 11.6 Å². The number of nitrogens with zero attached hydrogens (tertiary/aromatic N) is 1. The number of amides is 2. The van der Waals surface area contributed by atoms with Crippen molar-refractivity contribution in [2.45, 2.75) is 37.9 Å². The summed E-state index contributed by atoms with van der Waals surface area (Å²) < 4.78 is 33.3. The van der Waals surface area contributed by atoms with Crippen molar-refractivity contribution in [3.63, 3.8) is 0 Å². The summed E-state index contributed by atoms with van der Waals surface area (Å²) in [7, 11) is 0. The second kappa shape index (κ2) is 6.30. The first kappa shape index (κ1) is 17.4. The highest BCUT2D eigenvalue weighted by Crippen LogP contribution is 2.54. The Bertz CT molecular complexity index is 756. The van der Waals surface area contributed by atoms with Gasteiger partial charge in [-0.1, -0.05) is 13.0 Å². The molecule has 2 amide bonds. The summed E-state index contributed by atoms with van der Waals surface area (Å²) in [4.78, 5) is 26.2. The standard InChI is InChI=1S/C19H22F2N2O3/c1-2-16(24)23-9-13-12(15-6-7-19(13,10-23)26-15)8-22-18(25)11-4-3-5-14(20)17(11)21/h3-5,12-13,15H,2,6-10H2,1H3,(H,22,25)/t12-,13+,15+,19+/m0/s1. The molecule has 0 saturated carbocycles. The first-order chi connectivity index (χ1) is 12.4. The lowest BCUT2D eigenvalue weighted by Gasteiger charge is -2.29. The van der Waals surface area contributed by atoms with E-state index in [4.69, 9.17) is 4.74 Å². The van der Waals surface area contributed by atoms with E-state index in [1.165, 1.54) is 12.1 Å². The lowest BCUT2D eigenvalue weighted by atomic mass is 9.73. The predicted octanol–water partition coefficient (Wildman–Crippen LogP) is 2.11. The lowest BCUT2D eigenvalue weighted by molar-refractivity contribution is -0.131. The number of carbonyl (C=O) groups excluding carboxylic acids is 2. The number of fused-ring (bicyclic) bond motifs is 1. The quantitative estimate of drug-likeness (QED) is 0.890. The molecule has 0 radical (unpaired) electrons. The van der Waals surface area contributed by atoms with Gasteiger partial charge in [-0.05, 0) is 25.0 Å². The minimum Gasteiger partial charge on any atom is -0.369 e. The normalized spacial score (nSPS) is 32.0. The van der Waals surface area contributed by atoms with Gasteiger partial charge in [-0.2, -0.15) is 0 Å². The van der Waals surface area contributed by atoms with Crippen LogP contribution in [0.1, 0.15) is 36.5 Å². The number of hydrogen-bond donors (Lipinski definition) is 1. The minimum atomic E-state index is -1.13. The van der Waals surface area contributed by atoms with E-state index in [2.05, 4.69) is 5.32 Å². The van der Waals surface area contributed by atoms with Gasteiger partial charge >= 0.3 is 0 Å². The number of rotatable bonds is 4. The Hall–Kier alpha value is -2.02. The Morgan fingerprint density at radius 1 is 1.38 bits per heavy atom. The Morgan fingerprint density at radius 2 is 2.19 bits per heavy atom. The highest BCUT2D eigenvalue weighted by atomic mass is 19.2. The van der Waals surface area contributed by atoms with E-state index >= 15 is 0 Å². The summed E-state index contributed by atoms with van der Waals surface area (Å²) in [6.07, 6.45) is 2.35. The average molecular weight is 364 g/mol. The zero-order chi connectivity index (χ0) is 18.5. The van der Waals surface area contributed by atoms with Crippen molar-refractivity contribution < 1.29 is 23.1 Å². The van der Waals surface area contributed by atoms with E-state index in [0.717, 1.165) is 18.9 Å². The van der Waals surface area contributed by atoms with Crippen molar-refractivity contribution in [2.75, 3.05) is 19.6 Å². The summed E-state index contributed by atoms with van der Waals surface area (Å²) >= 11 is 0. The summed E-state index contributed by atoms with van der Waals surface area (Å²) in [5.41, 5.74) is -0.590. The fourth-order valence-electron chi connectivity index (χ4n) is 4.86. The van der Waals surface area contributed by atoms with Crippen molar-refractivity contribution in [3.05, 3.63) is 35.4 Å². The highest BCUT2D eigenvalue weighted by Gasteiger charge is 2.63. The largest absolute Gasteiger partial charge is 0.369 e. The van der Waals surface area contributed by atoms with Crippen LogP contribution >= 0.6 is 0 Å². The molecule has 1 aromatic rings. The van der Waals surface area contributed by atoms with Gasteiger partial charge in [0.2, 0.25) is 5.91 Å². The number of likely N-dealkylation sites (tertiary alicyclic amines) is 1. The summed E-state index contributed by atoms with van der Waals surface area (Å²) in [5, 5.41) is 2.73. The van der Waals surface area contributed by atoms with Crippen LogP contribution in [0.25, 0.3) is 0 Å². The van der Waals surface area contributed by atoms with Crippen LogP contribution in [-0.4, -0.2) is 48.1 Å². The number of benzene rings is 1. The molecule has 140 valence electrons. The highest BCUT2D eigenvalue weighted by molar-refractivity contribution is 5.94. The molecular formula is C19H22F2N2O3. The zero-order valence-corrected chi connectivity index (χ0v) is 14.6. The van der Waals surface area contributed by atoms with E-state index in [0.29, 0.717) is 26.1 Å². The molecule has 26 heavy (non-hydrogen) atoms. The predicted molar refractivity (Wildman–Crippen MR) is 89.4 cm³/mol. The van der Waals surface area contributed by atoms with Crippen molar-refractivity contribution >= 4 is 11.8 Å². The third-order valence-electron chi connectivity index (χ3n) is 6.13. The maximum Gasteiger partial charge on any atom is 0.254 e. The Kier molecular flexibility index (Phi) is 4.22. The van der Waals surface area contributed by atoms with Crippen molar-refractivity contribution in [1.29, 1.82) is 0 Å². The van der Waals surface area contributed by atoms with Crippen LogP contribution in [-0.2, 0) is 9.53 Å². The Balaban J connectivity index is 1.45. The van der Waals surface area contributed by atoms with Gasteiger partial charge in [-0.15, -0.1) is 0 Å².